The van der Waals surface area contributed by atoms with Crippen molar-refractivity contribution in [1.82, 2.24) is 0 Å². The van der Waals surface area contributed by atoms with Crippen LogP contribution in [0.2, 0.25) is 0 Å². The molecule has 1 aliphatic rings. The molecular formula is C18H16FNO2. The van der Waals surface area contributed by atoms with Crippen molar-refractivity contribution in [3.63, 3.8) is 0 Å². The summed E-state index contributed by atoms with van der Waals surface area (Å²) in [6, 6.07) is 13.1. The molecular weight excluding hydrogens is 281 g/mol. The first kappa shape index (κ1) is 14.4. The lowest BCUT2D eigenvalue weighted by Gasteiger charge is -2.16. The molecule has 22 heavy (non-hydrogen) atoms. The van der Waals surface area contributed by atoms with Crippen LogP contribution in [0.25, 0.3) is 0 Å². The Hall–Kier alpha value is -2.49. The molecule has 112 valence electrons. The molecule has 1 aliphatic carbocycles. The first-order chi connectivity index (χ1) is 10.5. The number of hydrogen-bond donors (Lipinski definition) is 1. The zero-order chi connectivity index (χ0) is 15.7. The van der Waals surface area contributed by atoms with E-state index in [9.17, 15) is 14.0 Å². The van der Waals surface area contributed by atoms with Gasteiger partial charge in [0.05, 0.1) is 5.41 Å². The third-order valence-corrected chi connectivity index (χ3v) is 4.12. The van der Waals surface area contributed by atoms with E-state index in [2.05, 4.69) is 5.32 Å². The van der Waals surface area contributed by atoms with Crippen LogP contribution in [0.5, 0.6) is 0 Å². The van der Waals surface area contributed by atoms with Crippen molar-refractivity contribution in [2.45, 2.75) is 25.2 Å². The van der Waals surface area contributed by atoms with Crippen molar-refractivity contribution < 1.29 is 14.0 Å². The van der Waals surface area contributed by atoms with Crippen molar-refractivity contribution in [2.24, 2.45) is 0 Å². The summed E-state index contributed by atoms with van der Waals surface area (Å²) in [5.41, 5.74) is 0.892. The van der Waals surface area contributed by atoms with Gasteiger partial charge >= 0.3 is 0 Å². The Kier molecular flexibility index (Phi) is 3.53. The van der Waals surface area contributed by atoms with Crippen LogP contribution < -0.4 is 5.32 Å². The molecule has 0 spiro atoms. The van der Waals surface area contributed by atoms with Crippen molar-refractivity contribution in [2.75, 3.05) is 5.32 Å². The van der Waals surface area contributed by atoms with E-state index in [-0.39, 0.29) is 17.5 Å². The van der Waals surface area contributed by atoms with E-state index in [1.165, 1.54) is 13.0 Å². The van der Waals surface area contributed by atoms with E-state index in [1.54, 1.807) is 42.5 Å². The van der Waals surface area contributed by atoms with E-state index in [0.29, 0.717) is 29.7 Å². The second-order valence-corrected chi connectivity index (χ2v) is 5.65. The van der Waals surface area contributed by atoms with E-state index in [1.807, 2.05) is 0 Å². The molecule has 1 amide bonds. The standard InChI is InChI=1S/C18H16FNO2/c1-12(21)13-6-8-14(9-7-13)20-17(22)18(10-11-18)15-4-2-3-5-16(15)19/h2-9H,10-11H2,1H3,(H,20,22). The monoisotopic (exact) mass is 297 g/mol. The summed E-state index contributed by atoms with van der Waals surface area (Å²) in [6.45, 7) is 1.49. The molecule has 3 nitrogen and oxygen atoms in total. The minimum Gasteiger partial charge on any atom is -0.325 e. The molecule has 3 rings (SSSR count). The van der Waals surface area contributed by atoms with Gasteiger partial charge in [0.2, 0.25) is 5.91 Å². The number of ketones is 1. The first-order valence-electron chi connectivity index (χ1n) is 7.20. The fourth-order valence-corrected chi connectivity index (χ4v) is 2.63. The molecule has 4 heteroatoms. The number of halogens is 1. The summed E-state index contributed by atoms with van der Waals surface area (Å²) in [5.74, 6) is -0.571. The number of amides is 1. The summed E-state index contributed by atoms with van der Waals surface area (Å²) >= 11 is 0. The zero-order valence-corrected chi connectivity index (χ0v) is 12.2. The maximum Gasteiger partial charge on any atom is 0.235 e. The minimum absolute atomic E-state index is 0.0251. The zero-order valence-electron chi connectivity index (χ0n) is 12.2. The Balaban J connectivity index is 1.80. The number of anilines is 1. The topological polar surface area (TPSA) is 46.2 Å². The second kappa shape index (κ2) is 5.37. The van der Waals surface area contributed by atoms with Gasteiger partial charge in [0.15, 0.2) is 5.78 Å². The van der Waals surface area contributed by atoms with Crippen LogP contribution in [0.3, 0.4) is 0 Å². The summed E-state index contributed by atoms with van der Waals surface area (Å²) in [4.78, 5) is 23.8. The van der Waals surface area contributed by atoms with E-state index >= 15 is 0 Å². The molecule has 2 aromatic carbocycles. The maximum absolute atomic E-state index is 13.9. The van der Waals surface area contributed by atoms with Gasteiger partial charge in [-0.25, -0.2) is 4.39 Å². The Labute approximate surface area is 128 Å². The smallest absolute Gasteiger partial charge is 0.235 e. The van der Waals surface area contributed by atoms with Crippen molar-refractivity contribution in [1.29, 1.82) is 0 Å². The number of carbonyl (C=O) groups excluding carboxylic acids is 2. The molecule has 0 bridgehead atoms. The fraction of sp³-hybridized carbons (Fsp3) is 0.222. The van der Waals surface area contributed by atoms with Gasteiger partial charge < -0.3 is 5.32 Å². The summed E-state index contributed by atoms with van der Waals surface area (Å²) in [6.07, 6.45) is 1.29. The summed E-state index contributed by atoms with van der Waals surface area (Å²) < 4.78 is 13.9. The predicted octanol–water partition coefficient (Wildman–Crippen LogP) is 3.70. The lowest BCUT2D eigenvalue weighted by molar-refractivity contribution is -0.118. The Bertz CT molecular complexity index is 733. The Morgan fingerprint density at radius 2 is 1.68 bits per heavy atom. The molecule has 0 heterocycles. The third-order valence-electron chi connectivity index (χ3n) is 4.12. The summed E-state index contributed by atoms with van der Waals surface area (Å²) in [7, 11) is 0. The third kappa shape index (κ3) is 2.52. The first-order valence-corrected chi connectivity index (χ1v) is 7.20. The maximum atomic E-state index is 13.9. The molecule has 1 fully saturated rings. The number of Topliss-reactive ketones (excluding diaryl/α,β-unsaturated/α-hetero) is 1. The number of hydrogen-bond acceptors (Lipinski definition) is 2. The SMILES string of the molecule is CC(=O)c1ccc(NC(=O)C2(c3ccccc3F)CC2)cc1. The van der Waals surface area contributed by atoms with Crippen LogP contribution in [-0.4, -0.2) is 11.7 Å². The van der Waals surface area contributed by atoms with Gasteiger partial charge in [-0.05, 0) is 50.1 Å². The molecule has 0 saturated heterocycles. The largest absolute Gasteiger partial charge is 0.325 e. The van der Waals surface area contributed by atoms with Gasteiger partial charge in [0.25, 0.3) is 0 Å². The summed E-state index contributed by atoms with van der Waals surface area (Å²) in [5, 5.41) is 2.82. The van der Waals surface area contributed by atoms with Crippen LogP contribution in [0.15, 0.2) is 48.5 Å². The van der Waals surface area contributed by atoms with E-state index in [0.717, 1.165) is 0 Å². The van der Waals surface area contributed by atoms with Gasteiger partial charge in [-0.2, -0.15) is 0 Å². The fourth-order valence-electron chi connectivity index (χ4n) is 2.63. The molecule has 0 atom stereocenters. The Morgan fingerprint density at radius 3 is 2.23 bits per heavy atom. The van der Waals surface area contributed by atoms with Crippen molar-refractivity contribution >= 4 is 17.4 Å². The van der Waals surface area contributed by atoms with Crippen LogP contribution >= 0.6 is 0 Å². The molecule has 2 aromatic rings. The average molecular weight is 297 g/mol. The van der Waals surface area contributed by atoms with Gasteiger partial charge in [-0.1, -0.05) is 18.2 Å². The van der Waals surface area contributed by atoms with Crippen molar-refractivity contribution in [3.05, 3.63) is 65.5 Å². The normalized spacial score (nSPS) is 15.2. The van der Waals surface area contributed by atoms with E-state index in [4.69, 9.17) is 0 Å². The predicted molar refractivity (Wildman–Crippen MR) is 82.4 cm³/mol. The van der Waals surface area contributed by atoms with Crippen LogP contribution in [0.1, 0.15) is 35.7 Å². The molecule has 0 aromatic heterocycles. The molecule has 0 radical (unpaired) electrons. The van der Waals surface area contributed by atoms with Gasteiger partial charge in [0, 0.05) is 16.8 Å². The molecule has 0 unspecified atom stereocenters. The highest BCUT2D eigenvalue weighted by Gasteiger charge is 2.52. The molecule has 1 N–H and O–H groups in total. The second-order valence-electron chi connectivity index (χ2n) is 5.65. The number of nitrogens with one attached hydrogen (secondary N) is 1. The number of carbonyl (C=O) groups is 2. The van der Waals surface area contributed by atoms with Crippen LogP contribution in [0, 0.1) is 5.82 Å². The molecule has 0 aliphatic heterocycles. The highest BCUT2D eigenvalue weighted by Crippen LogP contribution is 2.49. The van der Waals surface area contributed by atoms with E-state index < -0.39 is 5.41 Å². The molecule has 1 saturated carbocycles. The quantitative estimate of drug-likeness (QED) is 0.875. The number of rotatable bonds is 4. The van der Waals surface area contributed by atoms with Crippen molar-refractivity contribution in [3.8, 4) is 0 Å². The Morgan fingerprint density at radius 1 is 1.05 bits per heavy atom. The van der Waals surface area contributed by atoms with Gasteiger partial charge in [-0.3, -0.25) is 9.59 Å². The van der Waals surface area contributed by atoms with Crippen LogP contribution in [0.4, 0.5) is 10.1 Å². The lowest BCUT2D eigenvalue weighted by atomic mass is 9.94. The van der Waals surface area contributed by atoms with Crippen LogP contribution in [-0.2, 0) is 10.2 Å². The van der Waals surface area contributed by atoms with Gasteiger partial charge in [0.1, 0.15) is 5.82 Å². The minimum atomic E-state index is -0.759. The lowest BCUT2D eigenvalue weighted by Crippen LogP contribution is -2.28. The highest BCUT2D eigenvalue weighted by molar-refractivity contribution is 6.02. The number of benzene rings is 2. The average Bonchev–Trinajstić information content (AvgIpc) is 3.30. The van der Waals surface area contributed by atoms with Gasteiger partial charge in [-0.15, -0.1) is 0 Å². The highest BCUT2D eigenvalue weighted by atomic mass is 19.1.